The fourth-order valence-electron chi connectivity index (χ4n) is 8.38. The van der Waals surface area contributed by atoms with Gasteiger partial charge in [-0.05, 0) is 57.8 Å². The summed E-state index contributed by atoms with van der Waals surface area (Å²) >= 11 is 0. The molecule has 15 nitrogen and oxygen atoms in total. The van der Waals surface area contributed by atoms with Crippen molar-refractivity contribution in [2.24, 2.45) is 0 Å². The summed E-state index contributed by atoms with van der Waals surface area (Å²) in [7, 11) is 0. The molecule has 0 amide bonds. The minimum atomic E-state index is -1.77. The molecule has 0 aromatic rings. The van der Waals surface area contributed by atoms with Gasteiger partial charge in [-0.3, -0.25) is 9.59 Å². The van der Waals surface area contributed by atoms with Crippen LogP contribution >= 0.6 is 0 Å². The molecule has 0 bridgehead atoms. The zero-order valence-electron chi connectivity index (χ0n) is 42.5. The molecule has 0 spiro atoms. The van der Waals surface area contributed by atoms with Crippen molar-refractivity contribution >= 4 is 11.9 Å². The van der Waals surface area contributed by atoms with Crippen molar-refractivity contribution < 1.29 is 73.8 Å². The predicted octanol–water partition coefficient (Wildman–Crippen LogP) is 8.10. The third-order valence-corrected chi connectivity index (χ3v) is 12.9. The molecule has 11 atom stereocenters. The van der Waals surface area contributed by atoms with Gasteiger partial charge in [-0.25, -0.2) is 0 Å². The fourth-order valence-corrected chi connectivity index (χ4v) is 8.38. The second-order valence-electron chi connectivity index (χ2n) is 19.0. The summed E-state index contributed by atoms with van der Waals surface area (Å²) in [6.07, 6.45) is 27.6. The van der Waals surface area contributed by atoms with Gasteiger partial charge in [0.2, 0.25) is 0 Å². The number of unbranched alkanes of at least 4 members (excludes halogenated alkanes) is 22. The van der Waals surface area contributed by atoms with Crippen molar-refractivity contribution in [2.45, 2.75) is 268 Å². The van der Waals surface area contributed by atoms with Crippen molar-refractivity contribution in [3.8, 4) is 0 Å². The van der Waals surface area contributed by atoms with Crippen LogP contribution < -0.4 is 0 Å². The highest BCUT2D eigenvalue weighted by atomic mass is 16.7. The Labute approximate surface area is 415 Å². The normalized spacial score (nSPS) is 25.8. The first-order valence-electron chi connectivity index (χ1n) is 27.1. The summed E-state index contributed by atoms with van der Waals surface area (Å²) in [6.45, 7) is 2.53. The third kappa shape index (κ3) is 29.1. The number of hydrogen-bond acceptors (Lipinski definition) is 15. The van der Waals surface area contributed by atoms with Crippen LogP contribution in [0.15, 0.2) is 36.5 Å². The molecule has 0 aromatic carbocycles. The van der Waals surface area contributed by atoms with E-state index in [0.717, 1.165) is 44.9 Å². The molecule has 0 radical (unpaired) electrons. The highest BCUT2D eigenvalue weighted by Gasteiger charge is 2.47. The topological polar surface area (TPSA) is 231 Å². The van der Waals surface area contributed by atoms with Crippen LogP contribution in [0.4, 0.5) is 0 Å². The number of ether oxygens (including phenoxy) is 6. The Morgan fingerprint density at radius 3 is 1.42 bits per heavy atom. The van der Waals surface area contributed by atoms with Crippen LogP contribution in [0.25, 0.3) is 0 Å². The van der Waals surface area contributed by atoms with E-state index >= 15 is 0 Å². The molecule has 2 aliphatic rings. The number of carbonyl (C=O) groups excluding carboxylic acids is 2. The van der Waals surface area contributed by atoms with Crippen LogP contribution in [0.2, 0.25) is 0 Å². The molecule has 2 fully saturated rings. The number of hydrogen-bond donors (Lipinski definition) is 7. The van der Waals surface area contributed by atoms with Crippen LogP contribution in [-0.2, 0) is 38.0 Å². The summed E-state index contributed by atoms with van der Waals surface area (Å²) in [5, 5.41) is 72.1. The lowest BCUT2D eigenvalue weighted by atomic mass is 9.98. The zero-order valence-corrected chi connectivity index (χ0v) is 42.5. The number of rotatable bonds is 42. The van der Waals surface area contributed by atoms with Crippen LogP contribution in [0.3, 0.4) is 0 Å². The molecule has 0 saturated carbocycles. The number of aliphatic hydroxyl groups excluding tert-OH is 7. The Balaban J connectivity index is 1.79. The van der Waals surface area contributed by atoms with Gasteiger partial charge in [-0.2, -0.15) is 0 Å². The molecule has 0 aliphatic carbocycles. The molecular weight excluding hydrogens is 889 g/mol. The van der Waals surface area contributed by atoms with Gasteiger partial charge in [0.25, 0.3) is 0 Å². The largest absolute Gasteiger partial charge is 0.462 e. The minimum absolute atomic E-state index is 0.0589. The quantitative estimate of drug-likeness (QED) is 0.0174. The van der Waals surface area contributed by atoms with E-state index in [1.165, 1.54) is 116 Å². The van der Waals surface area contributed by atoms with Crippen LogP contribution in [0, 0.1) is 0 Å². The highest BCUT2D eigenvalue weighted by molar-refractivity contribution is 5.70. The maximum Gasteiger partial charge on any atom is 0.306 e. The van der Waals surface area contributed by atoms with Gasteiger partial charge >= 0.3 is 11.9 Å². The smallest absolute Gasteiger partial charge is 0.306 e. The number of esters is 2. The Bertz CT molecular complexity index is 1340. The van der Waals surface area contributed by atoms with E-state index in [0.29, 0.717) is 12.8 Å². The summed E-state index contributed by atoms with van der Waals surface area (Å²) in [6, 6.07) is 0. The molecule has 5 unspecified atom stereocenters. The average Bonchev–Trinajstić information content (AvgIpc) is 3.34. The molecule has 69 heavy (non-hydrogen) atoms. The lowest BCUT2D eigenvalue weighted by Crippen LogP contribution is -2.61. The standard InChI is InChI=1S/C54H96O15/c1-3-5-7-9-11-13-15-17-18-19-20-21-22-23-25-26-28-30-32-34-36-45(56)64-39-42(67-46(57)37-35-33-31-29-27-24-16-14-12-10-8-6-4-2)40-65-53-52(63)50(61)48(59)44(69-53)41-66-54-51(62)49(60)47(58)43(38-55)68-54/h20-21,24,27,31,33,42-44,47-55,58-63H,3-19,22-23,25-26,28-30,32,34-41H2,1-2H3/b21-20+,27-24+,33-31+/t42?,43-,44-,47+,48+,49?,50?,51?,52?,53-,54-/m1/s1. The van der Waals surface area contributed by atoms with Gasteiger partial charge in [0.05, 0.1) is 19.8 Å². The van der Waals surface area contributed by atoms with Gasteiger partial charge in [0, 0.05) is 12.8 Å². The molecular formula is C54H96O15. The van der Waals surface area contributed by atoms with Gasteiger partial charge in [-0.15, -0.1) is 0 Å². The van der Waals surface area contributed by atoms with E-state index in [9.17, 15) is 45.3 Å². The van der Waals surface area contributed by atoms with Crippen LogP contribution in [0.5, 0.6) is 0 Å². The van der Waals surface area contributed by atoms with Crippen LogP contribution in [-0.4, -0.2) is 142 Å². The van der Waals surface area contributed by atoms with Crippen LogP contribution in [0.1, 0.15) is 200 Å². The maximum absolute atomic E-state index is 13.0. The van der Waals surface area contributed by atoms with Gasteiger partial charge in [0.15, 0.2) is 18.7 Å². The van der Waals surface area contributed by atoms with E-state index < -0.39 is 99.3 Å². The average molecular weight is 985 g/mol. The van der Waals surface area contributed by atoms with Crippen molar-refractivity contribution in [3.63, 3.8) is 0 Å². The number of allylic oxidation sites excluding steroid dienone is 6. The highest BCUT2D eigenvalue weighted by Crippen LogP contribution is 2.26. The number of aliphatic hydroxyl groups is 7. The Hall–Kier alpha value is -2.28. The Kier molecular flexibility index (Phi) is 37.5. The minimum Gasteiger partial charge on any atom is -0.462 e. The molecule has 0 aromatic heterocycles. The predicted molar refractivity (Wildman–Crippen MR) is 266 cm³/mol. The molecule has 2 rings (SSSR count). The van der Waals surface area contributed by atoms with Crippen molar-refractivity contribution in [2.75, 3.05) is 26.4 Å². The fraction of sp³-hybridized carbons (Fsp3) is 0.852. The van der Waals surface area contributed by atoms with Crippen molar-refractivity contribution in [1.29, 1.82) is 0 Å². The molecule has 402 valence electrons. The van der Waals surface area contributed by atoms with E-state index in [2.05, 4.69) is 38.2 Å². The Morgan fingerprint density at radius 1 is 0.464 bits per heavy atom. The molecule has 7 N–H and O–H groups in total. The first kappa shape index (κ1) is 62.8. The first-order valence-corrected chi connectivity index (χ1v) is 27.1. The van der Waals surface area contributed by atoms with E-state index in [1.54, 1.807) is 0 Å². The summed E-state index contributed by atoms with van der Waals surface area (Å²) < 4.78 is 33.5. The van der Waals surface area contributed by atoms with Gasteiger partial charge < -0.3 is 64.2 Å². The third-order valence-electron chi connectivity index (χ3n) is 12.9. The maximum atomic E-state index is 13.0. The number of carbonyl (C=O) groups is 2. The summed E-state index contributed by atoms with van der Waals surface area (Å²) in [5.41, 5.74) is 0. The van der Waals surface area contributed by atoms with E-state index in [4.69, 9.17) is 28.4 Å². The lowest BCUT2D eigenvalue weighted by molar-refractivity contribution is -0.332. The zero-order chi connectivity index (χ0) is 50.3. The molecule has 2 aliphatic heterocycles. The summed E-state index contributed by atoms with van der Waals surface area (Å²) in [5.74, 6) is -1.00. The lowest BCUT2D eigenvalue weighted by Gasteiger charge is -2.42. The molecule has 2 saturated heterocycles. The van der Waals surface area contributed by atoms with Gasteiger partial charge in [0.1, 0.15) is 55.4 Å². The monoisotopic (exact) mass is 985 g/mol. The van der Waals surface area contributed by atoms with Crippen molar-refractivity contribution in [1.82, 2.24) is 0 Å². The van der Waals surface area contributed by atoms with Gasteiger partial charge in [-0.1, -0.05) is 166 Å². The second kappa shape index (κ2) is 41.2. The molecule has 2 heterocycles. The second-order valence-corrected chi connectivity index (χ2v) is 19.0. The molecule has 15 heteroatoms. The van der Waals surface area contributed by atoms with Crippen molar-refractivity contribution in [3.05, 3.63) is 36.5 Å². The SMILES string of the molecule is CCCCCCCC/C=C/C/C=C/CCC(=O)OC(COC(=O)CCCCCCCCC/C=C/CCCCCCCCCCC)CO[C@@H]1O[C@H](CO[C@@H]2O[C@H](CO)[C@H](O)C(O)C2O)[C@H](O)C(O)C1O. The summed E-state index contributed by atoms with van der Waals surface area (Å²) in [4.78, 5) is 25.7. The first-order chi connectivity index (χ1) is 33.5. The van der Waals surface area contributed by atoms with E-state index in [1.807, 2.05) is 12.2 Å². The Morgan fingerprint density at radius 2 is 0.899 bits per heavy atom. The van der Waals surface area contributed by atoms with E-state index in [-0.39, 0.29) is 19.4 Å².